The zero-order valence-electron chi connectivity index (χ0n) is 14.4. The fourth-order valence-corrected chi connectivity index (χ4v) is 2.74. The Morgan fingerprint density at radius 1 is 1.07 bits per heavy atom. The summed E-state index contributed by atoms with van der Waals surface area (Å²) < 4.78 is 5.77. The molecule has 6 nitrogen and oxygen atoms in total. The normalized spacial score (nSPS) is 10.7. The van der Waals surface area contributed by atoms with Crippen molar-refractivity contribution in [1.29, 1.82) is 0 Å². The molecule has 0 aliphatic carbocycles. The molecular weight excluding hydrogens is 410 g/mol. The van der Waals surface area contributed by atoms with Crippen molar-refractivity contribution in [3.05, 3.63) is 87.8 Å². The van der Waals surface area contributed by atoms with Crippen LogP contribution in [0.4, 0.5) is 5.69 Å². The maximum absolute atomic E-state index is 12.5. The molecule has 2 aromatic carbocycles. The van der Waals surface area contributed by atoms with Gasteiger partial charge in [0.2, 0.25) is 0 Å². The molecule has 0 aliphatic heterocycles. The van der Waals surface area contributed by atoms with E-state index in [1.807, 2.05) is 31.2 Å². The van der Waals surface area contributed by atoms with Crippen LogP contribution in [0.2, 0.25) is 0 Å². The highest BCUT2D eigenvalue weighted by Crippen LogP contribution is 2.22. The number of halogens is 1. The van der Waals surface area contributed by atoms with Gasteiger partial charge < -0.3 is 9.73 Å². The quantitative estimate of drug-likeness (QED) is 0.470. The van der Waals surface area contributed by atoms with Crippen LogP contribution in [0.5, 0.6) is 0 Å². The van der Waals surface area contributed by atoms with Gasteiger partial charge in [-0.3, -0.25) is 9.59 Å². The second-order valence-electron chi connectivity index (χ2n) is 5.73. The van der Waals surface area contributed by atoms with Gasteiger partial charge in [0, 0.05) is 4.47 Å². The maximum atomic E-state index is 12.5. The Hall–Kier alpha value is -3.19. The monoisotopic (exact) mass is 425 g/mol. The minimum atomic E-state index is -0.449. The zero-order chi connectivity index (χ0) is 19.2. The number of nitrogens with one attached hydrogen (secondary N) is 2. The molecule has 1 aromatic heterocycles. The van der Waals surface area contributed by atoms with E-state index in [1.54, 1.807) is 36.5 Å². The zero-order valence-corrected chi connectivity index (χ0v) is 16.0. The Morgan fingerprint density at radius 3 is 2.67 bits per heavy atom. The molecule has 0 aliphatic rings. The Balaban J connectivity index is 1.75. The molecule has 0 saturated carbocycles. The molecule has 0 spiro atoms. The van der Waals surface area contributed by atoms with Crippen molar-refractivity contribution < 1.29 is 14.0 Å². The molecular formula is C20H16BrN3O3. The third-order valence-electron chi connectivity index (χ3n) is 3.64. The first-order valence-electron chi connectivity index (χ1n) is 8.07. The van der Waals surface area contributed by atoms with Gasteiger partial charge in [0.15, 0.2) is 5.76 Å². The minimum absolute atomic E-state index is 0.154. The predicted molar refractivity (Wildman–Crippen MR) is 107 cm³/mol. The average molecular weight is 426 g/mol. The molecule has 2 N–H and O–H groups in total. The second-order valence-corrected chi connectivity index (χ2v) is 6.65. The van der Waals surface area contributed by atoms with Crippen LogP contribution in [0, 0.1) is 6.92 Å². The van der Waals surface area contributed by atoms with E-state index in [-0.39, 0.29) is 11.3 Å². The fraction of sp³-hybridized carbons (Fsp3) is 0.0500. The number of hydrogen-bond donors (Lipinski definition) is 2. The Kier molecular flexibility index (Phi) is 5.83. The lowest BCUT2D eigenvalue weighted by molar-refractivity contribution is 0.0956. The summed E-state index contributed by atoms with van der Waals surface area (Å²) in [7, 11) is 0. The van der Waals surface area contributed by atoms with Gasteiger partial charge in [-0.05, 0) is 42.8 Å². The van der Waals surface area contributed by atoms with Crippen molar-refractivity contribution in [2.45, 2.75) is 6.92 Å². The minimum Gasteiger partial charge on any atom is -0.459 e. The maximum Gasteiger partial charge on any atom is 0.291 e. The first-order chi connectivity index (χ1) is 13.0. The largest absolute Gasteiger partial charge is 0.459 e. The van der Waals surface area contributed by atoms with Crippen LogP contribution in [0.3, 0.4) is 0 Å². The van der Waals surface area contributed by atoms with Crippen LogP contribution < -0.4 is 10.7 Å². The Labute approximate surface area is 164 Å². The van der Waals surface area contributed by atoms with Crippen LogP contribution in [-0.4, -0.2) is 18.0 Å². The van der Waals surface area contributed by atoms with E-state index in [0.29, 0.717) is 10.2 Å². The molecule has 0 saturated heterocycles. The number of benzene rings is 2. The van der Waals surface area contributed by atoms with E-state index in [2.05, 4.69) is 31.8 Å². The summed E-state index contributed by atoms with van der Waals surface area (Å²) in [6, 6.07) is 15.8. The highest BCUT2D eigenvalue weighted by atomic mass is 79.9. The molecule has 2 amide bonds. The number of aryl methyl sites for hydroxylation is 1. The van der Waals surface area contributed by atoms with Crippen LogP contribution >= 0.6 is 15.9 Å². The van der Waals surface area contributed by atoms with Gasteiger partial charge in [-0.25, -0.2) is 5.43 Å². The predicted octanol–water partition coefficient (Wildman–Crippen LogP) is 4.37. The highest BCUT2D eigenvalue weighted by molar-refractivity contribution is 9.10. The van der Waals surface area contributed by atoms with E-state index in [4.69, 9.17) is 4.42 Å². The average Bonchev–Trinajstić information content (AvgIpc) is 3.18. The third-order valence-corrected chi connectivity index (χ3v) is 4.13. The molecule has 0 atom stereocenters. The van der Waals surface area contributed by atoms with Crippen molar-refractivity contribution in [2.75, 3.05) is 5.32 Å². The molecule has 7 heteroatoms. The highest BCUT2D eigenvalue weighted by Gasteiger charge is 2.16. The molecule has 0 radical (unpaired) electrons. The SMILES string of the molecule is Cc1cccc(/C=N/NC(=O)c2cc(Br)ccc2NC(=O)c2ccco2)c1. The number of hydrazone groups is 1. The Bertz CT molecular complexity index is 997. The van der Waals surface area contributed by atoms with Crippen molar-refractivity contribution in [2.24, 2.45) is 5.10 Å². The van der Waals surface area contributed by atoms with E-state index in [1.165, 1.54) is 6.26 Å². The first kappa shape index (κ1) is 18.6. The standard InChI is InChI=1S/C20H16BrN3O3/c1-13-4-2-5-14(10-13)12-22-24-19(25)16-11-15(21)7-8-17(16)23-20(26)18-6-3-9-27-18/h2-12H,1H3,(H,23,26)(H,24,25)/b22-12+. The van der Waals surface area contributed by atoms with Crippen LogP contribution in [0.25, 0.3) is 0 Å². The summed E-state index contributed by atoms with van der Waals surface area (Å²) in [6.45, 7) is 1.98. The number of hydrogen-bond acceptors (Lipinski definition) is 4. The van der Waals surface area contributed by atoms with Crippen LogP contribution in [-0.2, 0) is 0 Å². The molecule has 0 fully saturated rings. The van der Waals surface area contributed by atoms with Gasteiger partial charge in [0.1, 0.15) is 0 Å². The van der Waals surface area contributed by atoms with E-state index in [0.717, 1.165) is 11.1 Å². The molecule has 136 valence electrons. The first-order valence-corrected chi connectivity index (χ1v) is 8.87. The number of furan rings is 1. The summed E-state index contributed by atoms with van der Waals surface area (Å²) in [5.74, 6) is -0.740. The number of nitrogens with zero attached hydrogens (tertiary/aromatic N) is 1. The van der Waals surface area contributed by atoms with Gasteiger partial charge in [-0.1, -0.05) is 45.8 Å². The van der Waals surface area contributed by atoms with Gasteiger partial charge in [-0.2, -0.15) is 5.10 Å². The second kappa shape index (κ2) is 8.46. The number of carbonyl (C=O) groups excluding carboxylic acids is 2. The van der Waals surface area contributed by atoms with Crippen molar-refractivity contribution in [1.82, 2.24) is 5.43 Å². The molecule has 3 aromatic rings. The van der Waals surface area contributed by atoms with Gasteiger partial charge in [-0.15, -0.1) is 0 Å². The van der Waals surface area contributed by atoms with Crippen molar-refractivity contribution in [3.63, 3.8) is 0 Å². The van der Waals surface area contributed by atoms with Crippen molar-refractivity contribution >= 4 is 39.6 Å². The summed E-state index contributed by atoms with van der Waals surface area (Å²) in [6.07, 6.45) is 2.97. The topological polar surface area (TPSA) is 83.7 Å². The molecule has 0 unspecified atom stereocenters. The lowest BCUT2D eigenvalue weighted by atomic mass is 10.1. The number of rotatable bonds is 5. The third kappa shape index (κ3) is 4.92. The summed E-state index contributed by atoms with van der Waals surface area (Å²) >= 11 is 3.33. The van der Waals surface area contributed by atoms with Gasteiger partial charge in [0.05, 0.1) is 23.7 Å². The van der Waals surface area contributed by atoms with Gasteiger partial charge >= 0.3 is 0 Å². The molecule has 0 bridgehead atoms. The van der Waals surface area contributed by atoms with E-state index < -0.39 is 11.8 Å². The Morgan fingerprint density at radius 2 is 1.93 bits per heavy atom. The van der Waals surface area contributed by atoms with E-state index in [9.17, 15) is 9.59 Å². The van der Waals surface area contributed by atoms with Crippen molar-refractivity contribution in [3.8, 4) is 0 Å². The van der Waals surface area contributed by atoms with Gasteiger partial charge in [0.25, 0.3) is 11.8 Å². The summed E-state index contributed by atoms with van der Waals surface area (Å²) in [5.41, 5.74) is 5.07. The molecule has 3 rings (SSSR count). The fourth-order valence-electron chi connectivity index (χ4n) is 2.38. The summed E-state index contributed by atoms with van der Waals surface area (Å²) in [4.78, 5) is 24.7. The molecule has 27 heavy (non-hydrogen) atoms. The lowest BCUT2D eigenvalue weighted by Gasteiger charge is -2.10. The number of carbonyl (C=O) groups is 2. The van der Waals surface area contributed by atoms with Crippen LogP contribution in [0.15, 0.2) is 74.9 Å². The smallest absolute Gasteiger partial charge is 0.291 e. The molecule has 1 heterocycles. The summed E-state index contributed by atoms with van der Waals surface area (Å²) in [5, 5.41) is 6.66. The number of anilines is 1. The lowest BCUT2D eigenvalue weighted by Crippen LogP contribution is -2.21. The van der Waals surface area contributed by atoms with E-state index >= 15 is 0 Å². The van der Waals surface area contributed by atoms with Crippen LogP contribution in [0.1, 0.15) is 32.0 Å². The number of amides is 2.